The minimum absolute atomic E-state index is 0.167. The van der Waals surface area contributed by atoms with Gasteiger partial charge in [0.2, 0.25) is 0 Å². The maximum atomic E-state index is 12.5. The molecule has 1 unspecified atom stereocenters. The van der Waals surface area contributed by atoms with E-state index in [0.717, 1.165) is 12.8 Å². The molecule has 1 saturated heterocycles. The van der Waals surface area contributed by atoms with Gasteiger partial charge in [-0.1, -0.05) is 12.8 Å². The fraction of sp³-hybridized carbons (Fsp3) is 0.615. The van der Waals surface area contributed by atoms with E-state index in [0.29, 0.717) is 17.5 Å². The number of carbonyl (C=O) groups is 2. The number of rotatable bonds is 3. The number of nitrogens with one attached hydrogen (secondary N) is 1. The third kappa shape index (κ3) is 2.04. The quantitative estimate of drug-likeness (QED) is 0.862. The van der Waals surface area contributed by atoms with Gasteiger partial charge >= 0.3 is 6.03 Å². The smallest absolute Gasteiger partial charge is 0.317 e. The van der Waals surface area contributed by atoms with Crippen molar-refractivity contribution in [1.29, 1.82) is 0 Å². The number of hydrogen-bond donors (Lipinski definition) is 1. The van der Waals surface area contributed by atoms with E-state index in [1.807, 2.05) is 5.38 Å². The summed E-state index contributed by atoms with van der Waals surface area (Å²) in [5.41, 5.74) is -0.982. The largest absolute Gasteiger partial charge is 0.325 e. The van der Waals surface area contributed by atoms with Crippen LogP contribution in [0.4, 0.5) is 4.79 Å². The van der Waals surface area contributed by atoms with Crippen molar-refractivity contribution in [3.8, 4) is 0 Å². The normalized spacial score (nSPS) is 28.2. The number of amides is 3. The van der Waals surface area contributed by atoms with Crippen molar-refractivity contribution in [2.75, 3.05) is 6.54 Å². The number of nitrogens with zero attached hydrogens (tertiary/aromatic N) is 2. The van der Waals surface area contributed by atoms with Gasteiger partial charge in [-0.2, -0.15) is 0 Å². The molecule has 1 aromatic heterocycles. The van der Waals surface area contributed by atoms with Gasteiger partial charge in [0.05, 0.1) is 0 Å². The highest BCUT2D eigenvalue weighted by Gasteiger charge is 2.51. The molecule has 0 aromatic carbocycles. The predicted molar refractivity (Wildman–Crippen MR) is 71.7 cm³/mol. The minimum atomic E-state index is -0.982. The number of urea groups is 1. The molecule has 2 heterocycles. The molecule has 2 fully saturated rings. The maximum absolute atomic E-state index is 12.5. The molecule has 3 amide bonds. The Morgan fingerprint density at radius 3 is 2.84 bits per heavy atom. The summed E-state index contributed by atoms with van der Waals surface area (Å²) in [6.45, 7) is 2.28. The summed E-state index contributed by atoms with van der Waals surface area (Å²) in [7, 11) is 0. The molecule has 1 aliphatic heterocycles. The van der Waals surface area contributed by atoms with Gasteiger partial charge in [0, 0.05) is 18.1 Å². The number of carbonyl (C=O) groups excluding carboxylic acids is 2. The van der Waals surface area contributed by atoms with E-state index in [4.69, 9.17) is 0 Å². The Hall–Kier alpha value is -1.43. The van der Waals surface area contributed by atoms with E-state index in [-0.39, 0.29) is 11.9 Å². The molecule has 0 spiro atoms. The third-order valence-corrected chi connectivity index (χ3v) is 5.05. The zero-order chi connectivity index (χ0) is 13.5. The van der Waals surface area contributed by atoms with Crippen LogP contribution in [0.2, 0.25) is 0 Å². The Balaban J connectivity index is 1.80. The van der Waals surface area contributed by atoms with E-state index in [1.165, 1.54) is 29.1 Å². The van der Waals surface area contributed by atoms with Crippen molar-refractivity contribution in [3.05, 3.63) is 16.6 Å². The highest BCUT2D eigenvalue weighted by atomic mass is 32.1. The van der Waals surface area contributed by atoms with E-state index >= 15 is 0 Å². The first-order valence-electron chi connectivity index (χ1n) is 6.65. The predicted octanol–water partition coefficient (Wildman–Crippen LogP) is 2.10. The van der Waals surface area contributed by atoms with E-state index in [9.17, 15) is 9.59 Å². The Bertz CT molecular complexity index is 496. The third-order valence-electron chi connectivity index (χ3n) is 4.05. The molecular weight excluding hydrogens is 262 g/mol. The van der Waals surface area contributed by atoms with Crippen molar-refractivity contribution < 1.29 is 9.59 Å². The molecule has 1 saturated carbocycles. The van der Waals surface area contributed by atoms with Crippen LogP contribution in [0, 0.1) is 5.92 Å². The molecular formula is C13H17N3O2S. The summed E-state index contributed by atoms with van der Waals surface area (Å²) < 4.78 is 0. The molecule has 6 heteroatoms. The van der Waals surface area contributed by atoms with Gasteiger partial charge in [0.1, 0.15) is 5.01 Å². The SMILES string of the molecule is CC1(c2nccs2)NC(=O)N(CC2CCCC2)C1=O. The topological polar surface area (TPSA) is 62.3 Å². The van der Waals surface area contributed by atoms with Crippen LogP contribution in [-0.4, -0.2) is 28.4 Å². The summed E-state index contributed by atoms with van der Waals surface area (Å²) in [5.74, 6) is 0.299. The molecule has 1 N–H and O–H groups in total. The van der Waals surface area contributed by atoms with Gasteiger partial charge in [-0.05, 0) is 25.7 Å². The van der Waals surface area contributed by atoms with Crippen LogP contribution in [0.5, 0.6) is 0 Å². The number of aromatic nitrogens is 1. The number of hydrogen-bond acceptors (Lipinski definition) is 4. The first-order chi connectivity index (χ1) is 9.11. The van der Waals surface area contributed by atoms with E-state index in [2.05, 4.69) is 10.3 Å². The van der Waals surface area contributed by atoms with Gasteiger partial charge in [0.25, 0.3) is 5.91 Å². The first-order valence-corrected chi connectivity index (χ1v) is 7.53. The lowest BCUT2D eigenvalue weighted by Crippen LogP contribution is -2.41. The van der Waals surface area contributed by atoms with Crippen LogP contribution in [-0.2, 0) is 10.3 Å². The lowest BCUT2D eigenvalue weighted by molar-refractivity contribution is -0.131. The second-order valence-electron chi connectivity index (χ2n) is 5.46. The molecule has 0 bridgehead atoms. The average molecular weight is 279 g/mol. The van der Waals surface area contributed by atoms with E-state index in [1.54, 1.807) is 13.1 Å². The number of imide groups is 1. The molecule has 5 nitrogen and oxygen atoms in total. The number of thiazole rings is 1. The first kappa shape index (κ1) is 12.6. The zero-order valence-corrected chi connectivity index (χ0v) is 11.7. The van der Waals surface area contributed by atoms with Crippen molar-refractivity contribution in [1.82, 2.24) is 15.2 Å². The summed E-state index contributed by atoms with van der Waals surface area (Å²) in [6, 6.07) is -0.283. The standard InChI is InChI=1S/C13H17N3O2S/c1-13(10-14-6-7-19-10)11(17)16(12(18)15-13)8-9-4-2-3-5-9/h6-7,9H,2-5,8H2,1H3,(H,15,18). The molecule has 2 aliphatic rings. The summed E-state index contributed by atoms with van der Waals surface area (Å²) in [5, 5.41) is 5.26. The molecule has 102 valence electrons. The Morgan fingerprint density at radius 1 is 1.47 bits per heavy atom. The van der Waals surface area contributed by atoms with Gasteiger partial charge in [-0.3, -0.25) is 9.69 Å². The maximum Gasteiger partial charge on any atom is 0.325 e. The molecule has 1 atom stereocenters. The zero-order valence-electron chi connectivity index (χ0n) is 10.9. The highest BCUT2D eigenvalue weighted by molar-refractivity contribution is 7.09. The Kier molecular flexibility index (Phi) is 3.05. The molecule has 0 radical (unpaired) electrons. The van der Waals surface area contributed by atoms with Crippen molar-refractivity contribution in [2.24, 2.45) is 5.92 Å². The van der Waals surface area contributed by atoms with Crippen LogP contribution < -0.4 is 5.32 Å². The fourth-order valence-electron chi connectivity index (χ4n) is 2.93. The van der Waals surface area contributed by atoms with Crippen LogP contribution in [0.15, 0.2) is 11.6 Å². The highest BCUT2D eigenvalue weighted by Crippen LogP contribution is 2.32. The van der Waals surface area contributed by atoms with Crippen molar-refractivity contribution in [3.63, 3.8) is 0 Å². The molecule has 19 heavy (non-hydrogen) atoms. The second-order valence-corrected chi connectivity index (χ2v) is 6.35. The summed E-state index contributed by atoms with van der Waals surface area (Å²) in [4.78, 5) is 30.1. The van der Waals surface area contributed by atoms with E-state index < -0.39 is 5.54 Å². The Labute approximate surface area is 116 Å². The fourth-order valence-corrected chi connectivity index (χ4v) is 3.68. The van der Waals surface area contributed by atoms with Gasteiger partial charge in [0.15, 0.2) is 5.54 Å². The monoisotopic (exact) mass is 279 g/mol. The summed E-state index contributed by atoms with van der Waals surface area (Å²) in [6.07, 6.45) is 6.30. The lowest BCUT2D eigenvalue weighted by atomic mass is 10.0. The van der Waals surface area contributed by atoms with Gasteiger partial charge in [-0.25, -0.2) is 9.78 Å². The second kappa shape index (κ2) is 4.59. The average Bonchev–Trinajstić information content (AvgIpc) is 3.09. The minimum Gasteiger partial charge on any atom is -0.317 e. The molecule has 3 rings (SSSR count). The van der Waals surface area contributed by atoms with Crippen molar-refractivity contribution in [2.45, 2.75) is 38.1 Å². The van der Waals surface area contributed by atoms with Crippen molar-refractivity contribution >= 4 is 23.3 Å². The Morgan fingerprint density at radius 2 is 2.21 bits per heavy atom. The van der Waals surface area contributed by atoms with Gasteiger partial charge < -0.3 is 5.32 Å². The molecule has 1 aromatic rings. The lowest BCUT2D eigenvalue weighted by Gasteiger charge is -2.20. The van der Waals surface area contributed by atoms with Crippen LogP contribution in [0.1, 0.15) is 37.6 Å². The van der Waals surface area contributed by atoms with Gasteiger partial charge in [-0.15, -0.1) is 11.3 Å². The summed E-state index contributed by atoms with van der Waals surface area (Å²) >= 11 is 1.40. The van der Waals surface area contributed by atoms with Crippen LogP contribution in [0.3, 0.4) is 0 Å². The van der Waals surface area contributed by atoms with Crippen LogP contribution >= 0.6 is 11.3 Å². The van der Waals surface area contributed by atoms with Crippen LogP contribution in [0.25, 0.3) is 0 Å². The molecule has 1 aliphatic carbocycles.